The molecule has 0 saturated heterocycles. The summed E-state index contributed by atoms with van der Waals surface area (Å²) in [6, 6.07) is -0.217. The van der Waals surface area contributed by atoms with Gasteiger partial charge in [0, 0.05) is 17.8 Å². The van der Waals surface area contributed by atoms with Crippen LogP contribution in [-0.2, 0) is 4.74 Å². The normalized spacial score (nSPS) is 22.4. The molecule has 1 aromatic rings. The van der Waals surface area contributed by atoms with Gasteiger partial charge in [-0.15, -0.1) is 0 Å². The lowest BCUT2D eigenvalue weighted by molar-refractivity contribution is -0.0112. The molecule has 6 nitrogen and oxygen atoms in total. The summed E-state index contributed by atoms with van der Waals surface area (Å²) in [4.78, 5) is 24.3. The van der Waals surface area contributed by atoms with E-state index in [0.29, 0.717) is 5.56 Å². The molecule has 0 saturated carbocycles. The first kappa shape index (κ1) is 13.8. The summed E-state index contributed by atoms with van der Waals surface area (Å²) in [7, 11) is 0. The van der Waals surface area contributed by atoms with Crippen LogP contribution in [0.4, 0.5) is 0 Å². The van der Waals surface area contributed by atoms with E-state index in [2.05, 4.69) is 0 Å². The second kappa shape index (κ2) is 5.14. The minimum Gasteiger partial charge on any atom is -0.393 e. The summed E-state index contributed by atoms with van der Waals surface area (Å²) in [5, 5.41) is 9.02. The number of aryl methyl sites for hydroxylation is 1. The molecule has 0 aromatic carbocycles. The van der Waals surface area contributed by atoms with E-state index in [-0.39, 0.29) is 18.2 Å². The Morgan fingerprint density at radius 2 is 2.05 bits per heavy atom. The number of nitrogens with zero attached hydrogens (tertiary/aromatic N) is 2. The van der Waals surface area contributed by atoms with Gasteiger partial charge in [0.1, 0.15) is 6.10 Å². The Morgan fingerprint density at radius 1 is 1.37 bits per heavy atom. The first-order valence-corrected chi connectivity index (χ1v) is 6.24. The van der Waals surface area contributed by atoms with Crippen molar-refractivity contribution in [3.8, 4) is 0 Å². The molecule has 1 aliphatic rings. The van der Waals surface area contributed by atoms with Gasteiger partial charge >= 0.3 is 5.69 Å². The third-order valence-corrected chi connectivity index (χ3v) is 3.09. The van der Waals surface area contributed by atoms with Crippen LogP contribution in [0.3, 0.4) is 0 Å². The van der Waals surface area contributed by atoms with Gasteiger partial charge in [0.25, 0.3) is 5.56 Å². The quantitative estimate of drug-likeness (QED) is 0.801. The van der Waals surface area contributed by atoms with Gasteiger partial charge in [-0.3, -0.25) is 13.9 Å². The van der Waals surface area contributed by atoms with Crippen LogP contribution in [0.15, 0.2) is 27.9 Å². The maximum atomic E-state index is 12.3. The van der Waals surface area contributed by atoms with Crippen LogP contribution in [0.1, 0.15) is 31.7 Å². The summed E-state index contributed by atoms with van der Waals surface area (Å²) >= 11 is 0. The molecule has 0 fully saturated rings. The molecule has 1 aromatic heterocycles. The van der Waals surface area contributed by atoms with Gasteiger partial charge in [-0.2, -0.15) is 0 Å². The number of aliphatic hydroxyl groups excluding tert-OH is 1. The molecule has 1 N–H and O–H groups in total. The number of ether oxygens (including phenoxy) is 1. The van der Waals surface area contributed by atoms with Crippen molar-refractivity contribution in [3.05, 3.63) is 44.8 Å². The molecule has 2 rings (SSSR count). The molecule has 2 atom stereocenters. The monoisotopic (exact) mass is 266 g/mol. The Kier molecular flexibility index (Phi) is 3.73. The zero-order chi connectivity index (χ0) is 14.2. The van der Waals surface area contributed by atoms with Gasteiger partial charge in [-0.05, 0) is 26.8 Å². The third kappa shape index (κ3) is 2.41. The molecule has 19 heavy (non-hydrogen) atoms. The maximum absolute atomic E-state index is 12.3. The summed E-state index contributed by atoms with van der Waals surface area (Å²) in [6.07, 6.45) is 3.93. The molecule has 1 unspecified atom stereocenters. The SMILES string of the molecule is Cc1cn([C@H]2C=CC(CO)O2)c(=O)n(C(C)C)c1=O. The van der Waals surface area contributed by atoms with Crippen LogP contribution in [0, 0.1) is 6.92 Å². The molecule has 0 amide bonds. The summed E-state index contributed by atoms with van der Waals surface area (Å²) in [5.74, 6) is 0. The van der Waals surface area contributed by atoms with Crippen molar-refractivity contribution in [2.45, 2.75) is 39.1 Å². The van der Waals surface area contributed by atoms with Crippen molar-refractivity contribution in [2.75, 3.05) is 6.61 Å². The standard InChI is InChI=1S/C13H18N2O4/c1-8(2)15-12(17)9(3)6-14(13(15)18)11-5-4-10(7-16)19-11/h4-6,8,10-11,16H,7H2,1-3H3/t10?,11-/m1/s1. The fraction of sp³-hybridized carbons (Fsp3) is 0.538. The van der Waals surface area contributed by atoms with Crippen LogP contribution in [-0.4, -0.2) is 27.0 Å². The molecule has 6 heteroatoms. The first-order valence-electron chi connectivity index (χ1n) is 6.24. The van der Waals surface area contributed by atoms with E-state index in [1.807, 2.05) is 0 Å². The van der Waals surface area contributed by atoms with Crippen LogP contribution < -0.4 is 11.2 Å². The molecule has 104 valence electrons. The lowest BCUT2D eigenvalue weighted by atomic mass is 10.3. The molecular weight excluding hydrogens is 248 g/mol. The average Bonchev–Trinajstić information content (AvgIpc) is 2.82. The zero-order valence-corrected chi connectivity index (χ0v) is 11.2. The van der Waals surface area contributed by atoms with Gasteiger partial charge in [0.15, 0.2) is 6.23 Å². The number of aromatic nitrogens is 2. The average molecular weight is 266 g/mol. The van der Waals surface area contributed by atoms with Crippen molar-refractivity contribution < 1.29 is 9.84 Å². The summed E-state index contributed by atoms with van der Waals surface area (Å²) < 4.78 is 8.08. The van der Waals surface area contributed by atoms with Gasteiger partial charge in [0.05, 0.1) is 6.61 Å². The van der Waals surface area contributed by atoms with Crippen molar-refractivity contribution >= 4 is 0 Å². The van der Waals surface area contributed by atoms with Gasteiger partial charge in [-0.25, -0.2) is 4.79 Å². The number of hydrogen-bond acceptors (Lipinski definition) is 4. The first-order chi connectivity index (χ1) is 8.95. The van der Waals surface area contributed by atoms with E-state index >= 15 is 0 Å². The van der Waals surface area contributed by atoms with Crippen molar-refractivity contribution in [1.82, 2.24) is 9.13 Å². The third-order valence-electron chi connectivity index (χ3n) is 3.09. The predicted molar refractivity (Wildman–Crippen MR) is 70.2 cm³/mol. The van der Waals surface area contributed by atoms with Crippen LogP contribution in [0.5, 0.6) is 0 Å². The van der Waals surface area contributed by atoms with Crippen molar-refractivity contribution in [3.63, 3.8) is 0 Å². The van der Waals surface area contributed by atoms with Gasteiger partial charge in [-0.1, -0.05) is 6.08 Å². The maximum Gasteiger partial charge on any atom is 0.333 e. The molecule has 0 spiro atoms. The summed E-state index contributed by atoms with van der Waals surface area (Å²) in [5.41, 5.74) is -0.200. The number of hydrogen-bond donors (Lipinski definition) is 1. The van der Waals surface area contributed by atoms with Gasteiger partial charge in [0.2, 0.25) is 0 Å². The lowest BCUT2D eigenvalue weighted by Crippen LogP contribution is -2.43. The highest BCUT2D eigenvalue weighted by atomic mass is 16.5. The van der Waals surface area contributed by atoms with Crippen LogP contribution in [0.2, 0.25) is 0 Å². The zero-order valence-electron chi connectivity index (χ0n) is 11.2. The van der Waals surface area contributed by atoms with Crippen LogP contribution in [0.25, 0.3) is 0 Å². The molecule has 0 aliphatic carbocycles. The largest absolute Gasteiger partial charge is 0.393 e. The van der Waals surface area contributed by atoms with Crippen molar-refractivity contribution in [2.24, 2.45) is 0 Å². The topological polar surface area (TPSA) is 73.5 Å². The van der Waals surface area contributed by atoms with E-state index in [1.54, 1.807) is 32.9 Å². The highest BCUT2D eigenvalue weighted by molar-refractivity contribution is 5.08. The predicted octanol–water partition coefficient (Wildman–Crippen LogP) is 0.345. The summed E-state index contributed by atoms with van der Waals surface area (Å²) in [6.45, 7) is 5.10. The Balaban J connectivity index is 2.52. The van der Waals surface area contributed by atoms with Gasteiger partial charge < -0.3 is 9.84 Å². The van der Waals surface area contributed by atoms with Crippen molar-refractivity contribution in [1.29, 1.82) is 0 Å². The Bertz CT molecular complexity index is 612. The lowest BCUT2D eigenvalue weighted by Gasteiger charge is -2.18. The molecule has 0 radical (unpaired) electrons. The number of aliphatic hydroxyl groups is 1. The Labute approximate surface area is 110 Å². The van der Waals surface area contributed by atoms with E-state index < -0.39 is 18.0 Å². The second-order valence-electron chi connectivity index (χ2n) is 4.90. The fourth-order valence-corrected chi connectivity index (χ4v) is 2.11. The molecule has 2 heterocycles. The fourth-order valence-electron chi connectivity index (χ4n) is 2.11. The second-order valence-corrected chi connectivity index (χ2v) is 4.90. The molecule has 1 aliphatic heterocycles. The van der Waals surface area contributed by atoms with E-state index in [4.69, 9.17) is 9.84 Å². The minimum absolute atomic E-state index is 0.134. The molecular formula is C13H18N2O4. The van der Waals surface area contributed by atoms with E-state index in [9.17, 15) is 9.59 Å². The van der Waals surface area contributed by atoms with E-state index in [1.165, 1.54) is 15.3 Å². The van der Waals surface area contributed by atoms with E-state index in [0.717, 1.165) is 0 Å². The Morgan fingerprint density at radius 3 is 2.58 bits per heavy atom. The van der Waals surface area contributed by atoms with Crippen LogP contribution >= 0.6 is 0 Å². The number of rotatable bonds is 3. The minimum atomic E-state index is -0.575. The molecule has 0 bridgehead atoms. The highest BCUT2D eigenvalue weighted by Crippen LogP contribution is 2.19. The Hall–Kier alpha value is -1.66. The highest BCUT2D eigenvalue weighted by Gasteiger charge is 2.23. The smallest absolute Gasteiger partial charge is 0.333 e.